The minimum absolute atomic E-state index is 0.0522. The molecule has 0 aliphatic carbocycles. The van der Waals surface area contributed by atoms with Crippen molar-refractivity contribution >= 4 is 5.91 Å². The maximum Gasteiger partial charge on any atom is 0.222 e. The van der Waals surface area contributed by atoms with Crippen LogP contribution in [0.1, 0.15) is 48.8 Å². The highest BCUT2D eigenvalue weighted by molar-refractivity contribution is 5.77. The lowest BCUT2D eigenvalue weighted by Crippen LogP contribution is -2.42. The number of benzene rings is 3. The Hall–Kier alpha value is -3.39. The highest BCUT2D eigenvalue weighted by Crippen LogP contribution is 2.42. The number of hydrogen-bond donors (Lipinski definition) is 2. The zero-order valence-electron chi connectivity index (χ0n) is 22.9. The first kappa shape index (κ1) is 28.6. The van der Waals surface area contributed by atoms with E-state index < -0.39 is 11.7 Å². The maximum atomic E-state index is 13.1. The summed E-state index contributed by atoms with van der Waals surface area (Å²) in [4.78, 5) is 14.9. The van der Waals surface area contributed by atoms with Gasteiger partial charge in [-0.2, -0.15) is 0 Å². The van der Waals surface area contributed by atoms with Gasteiger partial charge in [0.1, 0.15) is 17.1 Å². The number of β-amino-alcohol motifs (C(OH)–C–C–N with tert-alkyl or cyclic N) is 1. The molecular formula is C32H40N2O5. The first-order valence-electron chi connectivity index (χ1n) is 13.7. The Labute approximate surface area is 231 Å². The fourth-order valence-electron chi connectivity index (χ4n) is 5.39. The molecule has 7 heteroatoms. The average Bonchev–Trinajstić information content (AvgIpc) is 3.37. The number of nitrogens with two attached hydrogens (primary N) is 1. The molecule has 39 heavy (non-hydrogen) atoms. The molecule has 1 heterocycles. The number of likely N-dealkylation sites (tertiary alicyclic amines) is 1. The smallest absolute Gasteiger partial charge is 0.222 e. The third-order valence-electron chi connectivity index (χ3n) is 7.47. The van der Waals surface area contributed by atoms with Crippen LogP contribution >= 0.6 is 0 Å². The molecule has 1 fully saturated rings. The minimum Gasteiger partial charge on any atom is -0.497 e. The van der Waals surface area contributed by atoms with Gasteiger partial charge in [0.05, 0.1) is 33.0 Å². The molecule has 1 aliphatic rings. The fraction of sp³-hybridized carbons (Fsp3) is 0.406. The zero-order chi connectivity index (χ0) is 27.7. The van der Waals surface area contributed by atoms with Gasteiger partial charge in [-0.15, -0.1) is 0 Å². The molecule has 4 rings (SSSR count). The van der Waals surface area contributed by atoms with Crippen LogP contribution in [-0.4, -0.2) is 62.0 Å². The van der Waals surface area contributed by atoms with Crippen molar-refractivity contribution in [1.29, 1.82) is 0 Å². The van der Waals surface area contributed by atoms with Gasteiger partial charge in [0, 0.05) is 13.0 Å². The van der Waals surface area contributed by atoms with Crippen molar-refractivity contribution < 1.29 is 24.1 Å². The number of methoxy groups -OCH3 is 2. The van der Waals surface area contributed by atoms with E-state index in [1.165, 1.54) is 0 Å². The Morgan fingerprint density at radius 1 is 0.872 bits per heavy atom. The number of ether oxygens (including phenoxy) is 3. The van der Waals surface area contributed by atoms with Crippen molar-refractivity contribution in [1.82, 2.24) is 4.90 Å². The molecule has 0 saturated carbocycles. The van der Waals surface area contributed by atoms with Crippen molar-refractivity contribution in [3.8, 4) is 11.5 Å². The van der Waals surface area contributed by atoms with Gasteiger partial charge in [-0.1, -0.05) is 61.0 Å². The van der Waals surface area contributed by atoms with Crippen LogP contribution in [-0.2, 0) is 15.1 Å². The van der Waals surface area contributed by atoms with Crippen LogP contribution in [0.4, 0.5) is 0 Å². The van der Waals surface area contributed by atoms with Crippen LogP contribution in [0, 0.1) is 0 Å². The predicted molar refractivity (Wildman–Crippen MR) is 152 cm³/mol. The molecule has 208 valence electrons. The van der Waals surface area contributed by atoms with Gasteiger partial charge in [0.2, 0.25) is 5.91 Å². The second kappa shape index (κ2) is 13.6. The summed E-state index contributed by atoms with van der Waals surface area (Å²) < 4.78 is 17.8. The van der Waals surface area contributed by atoms with E-state index in [1.807, 2.05) is 66.7 Å². The number of hydrogen-bond acceptors (Lipinski definition) is 6. The number of carbonyl (C=O) groups is 1. The molecule has 1 aliphatic heterocycles. The van der Waals surface area contributed by atoms with E-state index in [9.17, 15) is 9.90 Å². The van der Waals surface area contributed by atoms with Crippen LogP contribution in [0.2, 0.25) is 0 Å². The molecule has 0 radical (unpaired) electrons. The molecule has 3 N–H and O–H groups in total. The Morgan fingerprint density at radius 2 is 1.44 bits per heavy atom. The van der Waals surface area contributed by atoms with E-state index in [2.05, 4.69) is 12.1 Å². The number of amides is 1. The Balaban J connectivity index is 1.71. The van der Waals surface area contributed by atoms with E-state index in [-0.39, 0.29) is 18.6 Å². The molecule has 2 atom stereocenters. The summed E-state index contributed by atoms with van der Waals surface area (Å²) in [7, 11) is 3.29. The summed E-state index contributed by atoms with van der Waals surface area (Å²) in [6.07, 6.45) is 2.98. The minimum atomic E-state index is -0.969. The first-order chi connectivity index (χ1) is 19.0. The molecule has 0 aromatic heterocycles. The van der Waals surface area contributed by atoms with Crippen LogP contribution in [0.25, 0.3) is 0 Å². The van der Waals surface area contributed by atoms with Crippen LogP contribution in [0.5, 0.6) is 11.5 Å². The lowest BCUT2D eigenvalue weighted by atomic mass is 9.80. The monoisotopic (exact) mass is 532 g/mol. The molecule has 1 unspecified atom stereocenters. The zero-order valence-corrected chi connectivity index (χ0v) is 22.9. The Bertz CT molecular complexity index is 1120. The largest absolute Gasteiger partial charge is 0.497 e. The first-order valence-corrected chi connectivity index (χ1v) is 13.7. The van der Waals surface area contributed by atoms with Crippen molar-refractivity contribution in [2.45, 2.75) is 49.9 Å². The number of unbranched alkanes of at least 4 members (excludes halogenated alkanes) is 2. The predicted octanol–water partition coefficient (Wildman–Crippen LogP) is 4.49. The molecule has 7 nitrogen and oxygen atoms in total. The SMILES string of the molecule is COc1ccc(C(OC[C@@H]2CC(O)CN2C(=O)CCCCCN)(c2ccccc2)c2ccc(OC)cc2)cc1. The van der Waals surface area contributed by atoms with Crippen molar-refractivity contribution in [2.75, 3.05) is 33.9 Å². The summed E-state index contributed by atoms with van der Waals surface area (Å²) in [5, 5.41) is 10.5. The number of aliphatic hydroxyl groups is 1. The number of carbonyl (C=O) groups excluding carboxylic acids is 1. The van der Waals surface area contributed by atoms with Crippen molar-refractivity contribution in [3.05, 3.63) is 95.6 Å². The quantitative estimate of drug-likeness (QED) is 0.249. The second-order valence-corrected chi connectivity index (χ2v) is 10.0. The van der Waals surface area contributed by atoms with E-state index >= 15 is 0 Å². The highest BCUT2D eigenvalue weighted by Gasteiger charge is 2.41. The van der Waals surface area contributed by atoms with E-state index in [1.54, 1.807) is 19.1 Å². The summed E-state index contributed by atoms with van der Waals surface area (Å²) in [6, 6.07) is 25.6. The van der Waals surface area contributed by atoms with Gasteiger partial charge in [-0.05, 0) is 66.8 Å². The standard InChI is InChI=1S/C32H40N2O5/c1-37-29-16-12-25(13-17-29)32(24-9-5-3-6-10-24,26-14-18-30(38-2)19-15-26)39-23-27-21-28(35)22-34(27)31(36)11-7-4-8-20-33/h3,5-6,9-10,12-19,27-28,35H,4,7-8,11,20-23,33H2,1-2H3/t27-,28?/m0/s1. The summed E-state index contributed by atoms with van der Waals surface area (Å²) >= 11 is 0. The number of aliphatic hydroxyl groups excluding tert-OH is 1. The van der Waals surface area contributed by atoms with Gasteiger partial charge in [-0.25, -0.2) is 0 Å². The summed E-state index contributed by atoms with van der Waals surface area (Å²) in [5.41, 5.74) is 7.45. The molecular weight excluding hydrogens is 492 g/mol. The average molecular weight is 533 g/mol. The molecule has 0 spiro atoms. The Kier molecular flexibility index (Phi) is 9.98. The van der Waals surface area contributed by atoms with Crippen LogP contribution in [0.15, 0.2) is 78.9 Å². The van der Waals surface area contributed by atoms with Crippen LogP contribution < -0.4 is 15.2 Å². The summed E-state index contributed by atoms with van der Waals surface area (Å²) in [5.74, 6) is 1.55. The molecule has 3 aromatic rings. The molecule has 1 amide bonds. The van der Waals surface area contributed by atoms with E-state index in [0.29, 0.717) is 25.9 Å². The van der Waals surface area contributed by atoms with Crippen LogP contribution in [0.3, 0.4) is 0 Å². The summed E-state index contributed by atoms with van der Waals surface area (Å²) in [6.45, 7) is 1.22. The highest BCUT2D eigenvalue weighted by atomic mass is 16.5. The van der Waals surface area contributed by atoms with Crippen molar-refractivity contribution in [3.63, 3.8) is 0 Å². The van der Waals surface area contributed by atoms with Crippen molar-refractivity contribution in [2.24, 2.45) is 5.73 Å². The molecule has 0 bridgehead atoms. The third-order valence-corrected chi connectivity index (χ3v) is 7.47. The lowest BCUT2D eigenvalue weighted by molar-refractivity contribution is -0.134. The number of nitrogens with zero attached hydrogens (tertiary/aromatic N) is 1. The second-order valence-electron chi connectivity index (χ2n) is 10.0. The molecule has 1 saturated heterocycles. The lowest BCUT2D eigenvalue weighted by Gasteiger charge is -2.38. The van der Waals surface area contributed by atoms with E-state index in [0.717, 1.165) is 47.5 Å². The van der Waals surface area contributed by atoms with Gasteiger partial charge >= 0.3 is 0 Å². The topological polar surface area (TPSA) is 94.2 Å². The van der Waals surface area contributed by atoms with Gasteiger partial charge in [-0.3, -0.25) is 4.79 Å². The maximum absolute atomic E-state index is 13.1. The van der Waals surface area contributed by atoms with Gasteiger partial charge < -0.3 is 30.0 Å². The van der Waals surface area contributed by atoms with E-state index in [4.69, 9.17) is 19.9 Å². The fourth-order valence-corrected chi connectivity index (χ4v) is 5.39. The van der Waals surface area contributed by atoms with Gasteiger partial charge in [0.25, 0.3) is 0 Å². The number of rotatable bonds is 13. The third kappa shape index (κ3) is 6.61. The molecule has 3 aromatic carbocycles. The van der Waals surface area contributed by atoms with Gasteiger partial charge in [0.15, 0.2) is 0 Å². The normalized spacial score (nSPS) is 17.3. The Morgan fingerprint density at radius 3 is 1.97 bits per heavy atom.